The normalized spacial score (nSPS) is 17.3. The lowest BCUT2D eigenvalue weighted by atomic mass is 10.1. The minimum absolute atomic E-state index is 0.0241. The molecule has 0 unspecified atom stereocenters. The molecule has 2 aliphatic rings. The van der Waals surface area contributed by atoms with Gasteiger partial charge in [-0.2, -0.15) is 0 Å². The highest BCUT2D eigenvalue weighted by Gasteiger charge is 2.23. The average Bonchev–Trinajstić information content (AvgIpc) is 3.61. The van der Waals surface area contributed by atoms with Crippen LogP contribution >= 0.6 is 0 Å². The lowest BCUT2D eigenvalue weighted by Gasteiger charge is -2.23. The number of anilines is 1. The quantitative estimate of drug-likeness (QED) is 0.741. The second kappa shape index (κ2) is 9.76. The van der Waals surface area contributed by atoms with Gasteiger partial charge in [0.1, 0.15) is 0 Å². The van der Waals surface area contributed by atoms with E-state index in [2.05, 4.69) is 44.7 Å². The largest absolute Gasteiger partial charge is 0.370 e. The van der Waals surface area contributed by atoms with Crippen LogP contribution in [0.25, 0.3) is 0 Å². The second-order valence-corrected chi connectivity index (χ2v) is 8.18. The maximum absolute atomic E-state index is 12.5. The number of nitrogens with one attached hydrogen (secondary N) is 2. The van der Waals surface area contributed by atoms with Crippen LogP contribution in [0.1, 0.15) is 35.2 Å². The summed E-state index contributed by atoms with van der Waals surface area (Å²) in [6, 6.07) is 18.3. The van der Waals surface area contributed by atoms with Crippen LogP contribution in [0.2, 0.25) is 0 Å². The number of hydrogen-bond acceptors (Lipinski definition) is 4. The van der Waals surface area contributed by atoms with Crippen LogP contribution in [0, 0.1) is 0 Å². The van der Waals surface area contributed by atoms with Crippen molar-refractivity contribution in [2.45, 2.75) is 31.8 Å². The van der Waals surface area contributed by atoms with E-state index in [0.717, 1.165) is 51.0 Å². The lowest BCUT2D eigenvalue weighted by molar-refractivity contribution is -0.122. The van der Waals surface area contributed by atoms with Gasteiger partial charge in [-0.1, -0.05) is 30.3 Å². The molecule has 1 saturated heterocycles. The maximum Gasteiger partial charge on any atom is 0.251 e. The fourth-order valence-electron chi connectivity index (χ4n) is 3.80. The molecule has 0 radical (unpaired) electrons. The highest BCUT2D eigenvalue weighted by atomic mass is 16.2. The van der Waals surface area contributed by atoms with Gasteiger partial charge >= 0.3 is 0 Å². The maximum atomic E-state index is 12.5. The van der Waals surface area contributed by atoms with Crippen LogP contribution in [0.15, 0.2) is 54.6 Å². The predicted octanol–water partition coefficient (Wildman–Crippen LogP) is 2.41. The minimum Gasteiger partial charge on any atom is -0.370 e. The van der Waals surface area contributed by atoms with Gasteiger partial charge in [-0.05, 0) is 49.1 Å². The smallest absolute Gasteiger partial charge is 0.251 e. The summed E-state index contributed by atoms with van der Waals surface area (Å²) >= 11 is 0. The summed E-state index contributed by atoms with van der Waals surface area (Å²) in [4.78, 5) is 29.3. The van der Waals surface area contributed by atoms with E-state index in [4.69, 9.17) is 0 Å². The zero-order chi connectivity index (χ0) is 20.8. The van der Waals surface area contributed by atoms with Crippen molar-refractivity contribution >= 4 is 17.5 Å². The first kappa shape index (κ1) is 20.4. The Morgan fingerprint density at radius 1 is 0.933 bits per heavy atom. The van der Waals surface area contributed by atoms with E-state index in [1.807, 2.05) is 30.3 Å². The van der Waals surface area contributed by atoms with Crippen LogP contribution in [0.3, 0.4) is 0 Å². The first-order valence-electron chi connectivity index (χ1n) is 10.9. The number of carbonyl (C=O) groups excluding carboxylic acids is 2. The van der Waals surface area contributed by atoms with Gasteiger partial charge in [0, 0.05) is 50.0 Å². The van der Waals surface area contributed by atoms with Gasteiger partial charge in [-0.15, -0.1) is 0 Å². The van der Waals surface area contributed by atoms with Crippen molar-refractivity contribution in [3.8, 4) is 0 Å². The molecular formula is C24H30N4O2. The SMILES string of the molecule is O=C(CN1CCCN(c2ccccc2)CC1)NCc1cccc(C(=O)NC2CC2)c1. The van der Waals surface area contributed by atoms with Gasteiger partial charge < -0.3 is 15.5 Å². The summed E-state index contributed by atoms with van der Waals surface area (Å²) in [5.74, 6) is -0.00536. The summed E-state index contributed by atoms with van der Waals surface area (Å²) in [7, 11) is 0. The first-order chi connectivity index (χ1) is 14.7. The molecule has 2 fully saturated rings. The Morgan fingerprint density at radius 2 is 1.77 bits per heavy atom. The van der Waals surface area contributed by atoms with E-state index in [9.17, 15) is 9.59 Å². The van der Waals surface area contributed by atoms with Gasteiger partial charge in [0.25, 0.3) is 5.91 Å². The van der Waals surface area contributed by atoms with E-state index in [1.165, 1.54) is 5.69 Å². The van der Waals surface area contributed by atoms with Gasteiger partial charge in [0.05, 0.1) is 6.54 Å². The Balaban J connectivity index is 1.23. The molecule has 0 spiro atoms. The molecule has 1 aliphatic heterocycles. The highest BCUT2D eigenvalue weighted by molar-refractivity contribution is 5.94. The van der Waals surface area contributed by atoms with Gasteiger partial charge in [0.15, 0.2) is 0 Å². The molecule has 1 saturated carbocycles. The molecule has 158 valence electrons. The molecule has 6 nitrogen and oxygen atoms in total. The third-order valence-electron chi connectivity index (χ3n) is 5.67. The Hall–Kier alpha value is -2.86. The van der Waals surface area contributed by atoms with Crippen molar-refractivity contribution in [1.82, 2.24) is 15.5 Å². The molecule has 1 heterocycles. The summed E-state index contributed by atoms with van der Waals surface area (Å²) in [5, 5.41) is 6.00. The second-order valence-electron chi connectivity index (χ2n) is 8.18. The topological polar surface area (TPSA) is 64.7 Å². The van der Waals surface area contributed by atoms with Crippen molar-refractivity contribution < 1.29 is 9.59 Å². The van der Waals surface area contributed by atoms with E-state index >= 15 is 0 Å². The summed E-state index contributed by atoms with van der Waals surface area (Å²) in [6.07, 6.45) is 3.18. The molecule has 0 atom stereocenters. The molecule has 1 aliphatic carbocycles. The van der Waals surface area contributed by atoms with Crippen molar-refractivity contribution in [3.05, 3.63) is 65.7 Å². The zero-order valence-electron chi connectivity index (χ0n) is 17.3. The lowest BCUT2D eigenvalue weighted by Crippen LogP contribution is -2.39. The Kier molecular flexibility index (Phi) is 6.64. The van der Waals surface area contributed by atoms with E-state index in [0.29, 0.717) is 24.7 Å². The molecule has 0 bridgehead atoms. The Bertz CT molecular complexity index is 867. The molecule has 2 N–H and O–H groups in total. The molecule has 2 aromatic carbocycles. The Morgan fingerprint density at radius 3 is 2.57 bits per heavy atom. The van der Waals surface area contributed by atoms with E-state index in [-0.39, 0.29) is 11.8 Å². The average molecular weight is 407 g/mol. The van der Waals surface area contributed by atoms with Gasteiger partial charge in [0.2, 0.25) is 5.91 Å². The number of carbonyl (C=O) groups is 2. The fourth-order valence-corrected chi connectivity index (χ4v) is 3.80. The summed E-state index contributed by atoms with van der Waals surface area (Å²) in [6.45, 7) is 4.58. The molecule has 2 aromatic rings. The number of para-hydroxylation sites is 1. The molecule has 4 rings (SSSR count). The third kappa shape index (κ3) is 5.83. The monoisotopic (exact) mass is 406 g/mol. The first-order valence-corrected chi connectivity index (χ1v) is 10.9. The number of nitrogens with zero attached hydrogens (tertiary/aromatic N) is 2. The van der Waals surface area contributed by atoms with Crippen molar-refractivity contribution in [3.63, 3.8) is 0 Å². The van der Waals surface area contributed by atoms with Crippen LogP contribution in [0.4, 0.5) is 5.69 Å². The van der Waals surface area contributed by atoms with Crippen LogP contribution < -0.4 is 15.5 Å². The van der Waals surface area contributed by atoms with E-state index < -0.39 is 0 Å². The third-order valence-corrected chi connectivity index (χ3v) is 5.67. The van der Waals surface area contributed by atoms with E-state index in [1.54, 1.807) is 0 Å². The van der Waals surface area contributed by atoms with Crippen molar-refractivity contribution in [2.24, 2.45) is 0 Å². The summed E-state index contributed by atoms with van der Waals surface area (Å²) < 4.78 is 0. The minimum atomic E-state index is -0.0294. The van der Waals surface area contributed by atoms with Gasteiger partial charge in [-0.3, -0.25) is 14.5 Å². The number of amides is 2. The molecule has 2 amide bonds. The summed E-state index contributed by atoms with van der Waals surface area (Å²) in [5.41, 5.74) is 2.84. The number of hydrogen-bond donors (Lipinski definition) is 2. The zero-order valence-corrected chi connectivity index (χ0v) is 17.3. The van der Waals surface area contributed by atoms with Crippen LogP contribution in [-0.4, -0.2) is 55.5 Å². The standard InChI is InChI=1S/C24H30N4O2/c29-23(18-27-12-5-13-28(15-14-27)22-8-2-1-3-9-22)25-17-19-6-4-7-20(16-19)24(30)26-21-10-11-21/h1-4,6-9,16,21H,5,10-15,17-18H2,(H,25,29)(H,26,30). The molecular weight excluding hydrogens is 376 g/mol. The van der Waals surface area contributed by atoms with Crippen LogP contribution in [-0.2, 0) is 11.3 Å². The number of rotatable bonds is 7. The highest BCUT2D eigenvalue weighted by Crippen LogP contribution is 2.19. The predicted molar refractivity (Wildman–Crippen MR) is 118 cm³/mol. The van der Waals surface area contributed by atoms with Crippen LogP contribution in [0.5, 0.6) is 0 Å². The molecule has 30 heavy (non-hydrogen) atoms. The molecule has 6 heteroatoms. The number of benzene rings is 2. The Labute approximate surface area is 178 Å². The van der Waals surface area contributed by atoms with Crippen molar-refractivity contribution in [1.29, 1.82) is 0 Å². The molecule has 0 aromatic heterocycles. The fraction of sp³-hybridized carbons (Fsp3) is 0.417. The van der Waals surface area contributed by atoms with Gasteiger partial charge in [-0.25, -0.2) is 0 Å². The van der Waals surface area contributed by atoms with Crippen molar-refractivity contribution in [2.75, 3.05) is 37.6 Å².